The number of nitriles is 1. The molecule has 0 radical (unpaired) electrons. The van der Waals surface area contributed by atoms with E-state index in [-0.39, 0.29) is 0 Å². The number of rotatable bonds is 4. The van der Waals surface area contributed by atoms with Crippen molar-refractivity contribution < 1.29 is 0 Å². The highest BCUT2D eigenvalue weighted by atomic mass is 15.2. The van der Waals surface area contributed by atoms with E-state index in [1.54, 1.807) is 10.7 Å². The minimum absolute atomic E-state index is 0.512. The van der Waals surface area contributed by atoms with Crippen molar-refractivity contribution in [2.45, 2.75) is 51.4 Å². The van der Waals surface area contributed by atoms with Crippen molar-refractivity contribution in [2.75, 3.05) is 26.2 Å². The van der Waals surface area contributed by atoms with E-state index in [9.17, 15) is 5.26 Å². The summed E-state index contributed by atoms with van der Waals surface area (Å²) in [7, 11) is 1.84. The van der Waals surface area contributed by atoms with E-state index in [4.69, 9.17) is 9.97 Å². The lowest BCUT2D eigenvalue weighted by molar-refractivity contribution is 0.460. The first-order valence-corrected chi connectivity index (χ1v) is 18.9. The summed E-state index contributed by atoms with van der Waals surface area (Å²) in [6.07, 6.45) is 10.6. The van der Waals surface area contributed by atoms with Gasteiger partial charge in [0.1, 0.15) is 28.3 Å². The summed E-state index contributed by atoms with van der Waals surface area (Å²) in [6, 6.07) is 20.8. The first-order valence-electron chi connectivity index (χ1n) is 18.9. The molecule has 274 valence electrons. The van der Waals surface area contributed by atoms with E-state index in [1.807, 2.05) is 49.1 Å². The van der Waals surface area contributed by atoms with Crippen LogP contribution in [-0.4, -0.2) is 75.7 Å². The zero-order valence-electron chi connectivity index (χ0n) is 31.2. The maximum Gasteiger partial charge on any atom is 0.183 e. The molecule has 10 rings (SSSR count). The smallest absolute Gasteiger partial charge is 0.183 e. The standard InChI is InChI=1S/C21H19N7.C21H22N6/c1-28-12-17-9-15(8-16(11-22)20(17)27-28)21-24-18-3-2-14(10-19(18)25-26-21)13-4-6-23-7-5-13;1-13-9-17(12-27-11-14(2)23-21(13)27)20-24-18-4-3-16(10-19(18)25-26-20)15-5-7-22-8-6-15/h2-3,8-10,12-13,23H,4-7H2,1H3;3-4,9-12,15,22H,5-8H2,1-2H3. The van der Waals surface area contributed by atoms with Gasteiger partial charge in [-0.1, -0.05) is 12.1 Å². The van der Waals surface area contributed by atoms with Crippen LogP contribution in [0.5, 0.6) is 0 Å². The molecule has 0 aliphatic carbocycles. The van der Waals surface area contributed by atoms with Gasteiger partial charge in [-0.25, -0.2) is 15.0 Å². The van der Waals surface area contributed by atoms with Crippen LogP contribution in [0.2, 0.25) is 0 Å². The molecule has 0 atom stereocenters. The van der Waals surface area contributed by atoms with Gasteiger partial charge in [-0.05, 0) is 137 Å². The van der Waals surface area contributed by atoms with E-state index < -0.39 is 0 Å². The molecule has 0 unspecified atom stereocenters. The fourth-order valence-electron chi connectivity index (χ4n) is 7.95. The zero-order valence-corrected chi connectivity index (χ0v) is 31.2. The van der Waals surface area contributed by atoms with Crippen LogP contribution < -0.4 is 10.6 Å². The summed E-state index contributed by atoms with van der Waals surface area (Å²) in [5, 5.41) is 39.2. The summed E-state index contributed by atoms with van der Waals surface area (Å²) in [6.45, 7) is 8.35. The molecule has 5 aromatic heterocycles. The molecular weight excluding hydrogens is 687 g/mol. The molecule has 8 aromatic rings. The lowest BCUT2D eigenvalue weighted by Gasteiger charge is -2.23. The summed E-state index contributed by atoms with van der Waals surface area (Å²) < 4.78 is 3.74. The van der Waals surface area contributed by atoms with Crippen molar-refractivity contribution in [1.82, 2.24) is 60.2 Å². The number of imidazole rings is 1. The number of pyridine rings is 1. The first kappa shape index (κ1) is 34.5. The van der Waals surface area contributed by atoms with Crippen LogP contribution in [-0.2, 0) is 7.05 Å². The van der Waals surface area contributed by atoms with Crippen LogP contribution in [0.3, 0.4) is 0 Å². The Kier molecular flexibility index (Phi) is 9.13. The summed E-state index contributed by atoms with van der Waals surface area (Å²) in [5.41, 5.74) is 12.0. The molecule has 3 aromatic carbocycles. The Morgan fingerprint density at radius 1 is 0.655 bits per heavy atom. The SMILES string of the molecule is Cc1cn2cc(-c3nnc4cc(C5CCNCC5)ccc4n3)cc(C)c2n1.Cn1cc2cc(-c3nnc4cc(C5CCNCC5)ccc4n3)cc(C#N)c2n1. The van der Waals surface area contributed by atoms with Crippen LogP contribution in [0.15, 0.2) is 73.2 Å². The van der Waals surface area contributed by atoms with E-state index in [0.717, 1.165) is 94.5 Å². The molecule has 2 aliphatic rings. The van der Waals surface area contributed by atoms with E-state index in [1.165, 1.54) is 24.0 Å². The molecule has 13 heteroatoms. The van der Waals surface area contributed by atoms with E-state index in [0.29, 0.717) is 34.6 Å². The molecule has 2 saturated heterocycles. The highest BCUT2D eigenvalue weighted by Gasteiger charge is 2.18. The Hall–Kier alpha value is -6.23. The number of fused-ring (bicyclic) bond motifs is 4. The van der Waals surface area contributed by atoms with Gasteiger partial charge in [0.25, 0.3) is 0 Å². The summed E-state index contributed by atoms with van der Waals surface area (Å²) in [5.74, 6) is 2.34. The Morgan fingerprint density at radius 3 is 1.85 bits per heavy atom. The molecule has 2 aliphatic heterocycles. The second-order valence-corrected chi connectivity index (χ2v) is 14.7. The quantitative estimate of drug-likeness (QED) is 0.208. The number of aryl methyl sites for hydroxylation is 3. The number of hydrogen-bond acceptors (Lipinski definition) is 11. The number of piperidine rings is 2. The predicted molar refractivity (Wildman–Crippen MR) is 212 cm³/mol. The third-order valence-corrected chi connectivity index (χ3v) is 10.8. The van der Waals surface area contributed by atoms with Crippen molar-refractivity contribution in [1.29, 1.82) is 5.26 Å². The van der Waals surface area contributed by atoms with Gasteiger partial charge in [0.2, 0.25) is 0 Å². The monoisotopic (exact) mass is 727 g/mol. The van der Waals surface area contributed by atoms with Gasteiger partial charge in [0.05, 0.1) is 22.3 Å². The number of benzene rings is 3. The fraction of sp³-hybridized carbons (Fsp3) is 0.310. The maximum absolute atomic E-state index is 9.48. The van der Waals surface area contributed by atoms with Gasteiger partial charge >= 0.3 is 0 Å². The second-order valence-electron chi connectivity index (χ2n) is 14.7. The van der Waals surface area contributed by atoms with Crippen LogP contribution in [0, 0.1) is 25.2 Å². The molecule has 2 fully saturated rings. The molecule has 0 spiro atoms. The second kappa shape index (κ2) is 14.5. The van der Waals surface area contributed by atoms with E-state index >= 15 is 0 Å². The lowest BCUT2D eigenvalue weighted by atomic mass is 9.90. The number of nitrogens with zero attached hydrogens (tertiary/aromatic N) is 11. The topological polar surface area (TPSA) is 160 Å². The third kappa shape index (κ3) is 6.98. The summed E-state index contributed by atoms with van der Waals surface area (Å²) in [4.78, 5) is 14.0. The molecule has 13 nitrogen and oxygen atoms in total. The number of aromatic nitrogens is 10. The molecule has 55 heavy (non-hydrogen) atoms. The van der Waals surface area contributed by atoms with Crippen molar-refractivity contribution in [3.8, 4) is 28.8 Å². The highest BCUT2D eigenvalue weighted by molar-refractivity contribution is 5.89. The van der Waals surface area contributed by atoms with Crippen molar-refractivity contribution >= 4 is 38.6 Å². The molecule has 7 heterocycles. The van der Waals surface area contributed by atoms with Gasteiger partial charge in [-0.15, -0.1) is 20.4 Å². The molecule has 0 amide bonds. The Labute approximate surface area is 317 Å². The maximum atomic E-state index is 9.48. The van der Waals surface area contributed by atoms with Gasteiger partial charge in [0, 0.05) is 42.2 Å². The first-order chi connectivity index (χ1) is 26.9. The Morgan fingerprint density at radius 2 is 1.25 bits per heavy atom. The van der Waals surface area contributed by atoms with Crippen LogP contribution in [0.1, 0.15) is 65.5 Å². The zero-order chi connectivity index (χ0) is 37.5. The van der Waals surface area contributed by atoms with Crippen molar-refractivity contribution in [3.05, 3.63) is 101 Å². The summed E-state index contributed by atoms with van der Waals surface area (Å²) >= 11 is 0. The minimum Gasteiger partial charge on any atom is -0.317 e. The van der Waals surface area contributed by atoms with Gasteiger partial charge in [-0.2, -0.15) is 10.4 Å². The van der Waals surface area contributed by atoms with Gasteiger partial charge in [0.15, 0.2) is 11.6 Å². The van der Waals surface area contributed by atoms with Crippen LogP contribution in [0.25, 0.3) is 61.4 Å². The number of hydrogen-bond donors (Lipinski definition) is 2. The largest absolute Gasteiger partial charge is 0.317 e. The molecule has 0 saturated carbocycles. The van der Waals surface area contributed by atoms with Crippen LogP contribution in [0.4, 0.5) is 0 Å². The fourth-order valence-corrected chi connectivity index (χ4v) is 7.95. The van der Waals surface area contributed by atoms with Gasteiger partial charge < -0.3 is 15.0 Å². The third-order valence-electron chi connectivity index (χ3n) is 10.8. The minimum atomic E-state index is 0.512. The average molecular weight is 728 g/mol. The normalized spacial score (nSPS) is 15.4. The van der Waals surface area contributed by atoms with Gasteiger partial charge in [-0.3, -0.25) is 4.68 Å². The Bertz CT molecular complexity index is 2750. The molecule has 0 bridgehead atoms. The van der Waals surface area contributed by atoms with Crippen molar-refractivity contribution in [3.63, 3.8) is 0 Å². The van der Waals surface area contributed by atoms with E-state index in [2.05, 4.69) is 90.5 Å². The van der Waals surface area contributed by atoms with Crippen LogP contribution >= 0.6 is 0 Å². The predicted octanol–water partition coefficient (Wildman–Crippen LogP) is 6.34. The highest BCUT2D eigenvalue weighted by Crippen LogP contribution is 2.30. The molecular formula is C42H41N13. The average Bonchev–Trinajstić information content (AvgIpc) is 3.81. The Balaban J connectivity index is 0.000000144. The lowest BCUT2D eigenvalue weighted by Crippen LogP contribution is -2.26. The number of nitrogens with one attached hydrogen (secondary N) is 2. The molecule has 2 N–H and O–H groups in total. The van der Waals surface area contributed by atoms with Crippen molar-refractivity contribution in [2.24, 2.45) is 7.05 Å².